The van der Waals surface area contributed by atoms with Crippen molar-refractivity contribution in [1.29, 1.82) is 0 Å². The molecule has 0 atom stereocenters. The van der Waals surface area contributed by atoms with Crippen molar-refractivity contribution in [2.75, 3.05) is 27.0 Å². The molecule has 0 aromatic rings. The summed E-state index contributed by atoms with van der Waals surface area (Å²) in [5, 5.41) is 0. The van der Waals surface area contributed by atoms with Crippen LogP contribution >= 0.6 is 0 Å². The molecule has 6 nitrogen and oxygen atoms in total. The number of Topliss-reactive ketones (excluding diaryl/α,β-unsaturated/α-hetero) is 1. The van der Waals surface area contributed by atoms with Crippen LogP contribution in [0.2, 0.25) is 0 Å². The number of likely N-dealkylation sites (N-methyl/N-ethyl adjacent to an activating group) is 1. The van der Waals surface area contributed by atoms with E-state index in [1.165, 1.54) is 7.05 Å². The lowest BCUT2D eigenvalue weighted by Crippen LogP contribution is -2.32. The van der Waals surface area contributed by atoms with Crippen LogP contribution in [0.5, 0.6) is 0 Å². The lowest BCUT2D eigenvalue weighted by Gasteiger charge is -2.11. The van der Waals surface area contributed by atoms with Crippen molar-refractivity contribution < 1.29 is 22.7 Å². The van der Waals surface area contributed by atoms with E-state index in [0.29, 0.717) is 0 Å². The summed E-state index contributed by atoms with van der Waals surface area (Å²) in [6.45, 7) is -0.312. The largest absolute Gasteiger partial charge is 0.469 e. The normalized spacial score (nSPS) is 11.4. The second-order valence-electron chi connectivity index (χ2n) is 2.81. The SMILES string of the molecule is COC(=O)CC(=O)CN(C)S(C)(=O)=O. The second kappa shape index (κ2) is 5.06. The third kappa shape index (κ3) is 4.93. The molecular formula is C7H13NO5S. The molecule has 0 aromatic carbocycles. The number of esters is 1. The lowest BCUT2D eigenvalue weighted by molar-refractivity contribution is -0.143. The fourth-order valence-corrected chi connectivity index (χ4v) is 1.03. The maximum absolute atomic E-state index is 11.1. The van der Waals surface area contributed by atoms with Gasteiger partial charge in [0.05, 0.1) is 19.9 Å². The van der Waals surface area contributed by atoms with Gasteiger partial charge in [0.15, 0.2) is 5.78 Å². The smallest absolute Gasteiger partial charge is 0.313 e. The summed E-state index contributed by atoms with van der Waals surface area (Å²) in [5.74, 6) is -1.17. The zero-order valence-corrected chi connectivity index (χ0v) is 9.13. The summed E-state index contributed by atoms with van der Waals surface area (Å²) in [6.07, 6.45) is 0.578. The van der Waals surface area contributed by atoms with Crippen molar-refractivity contribution in [3.63, 3.8) is 0 Å². The fraction of sp³-hybridized carbons (Fsp3) is 0.714. The van der Waals surface area contributed by atoms with E-state index in [1.807, 2.05) is 0 Å². The van der Waals surface area contributed by atoms with Crippen molar-refractivity contribution >= 4 is 21.8 Å². The van der Waals surface area contributed by atoms with E-state index in [2.05, 4.69) is 4.74 Å². The molecule has 0 saturated carbocycles. The average Bonchev–Trinajstić information content (AvgIpc) is 2.02. The molecule has 0 radical (unpaired) electrons. The van der Waals surface area contributed by atoms with Crippen LogP contribution < -0.4 is 0 Å². The third-order valence-corrected chi connectivity index (χ3v) is 2.80. The Hall–Kier alpha value is -0.950. The zero-order chi connectivity index (χ0) is 11.4. The summed E-state index contributed by atoms with van der Waals surface area (Å²) in [6, 6.07) is 0. The van der Waals surface area contributed by atoms with Crippen LogP contribution in [0, 0.1) is 0 Å². The Balaban J connectivity index is 4.15. The average molecular weight is 223 g/mol. The van der Waals surface area contributed by atoms with Gasteiger partial charge in [-0.05, 0) is 0 Å². The molecule has 0 unspecified atom stereocenters. The predicted octanol–water partition coefficient (Wildman–Crippen LogP) is -0.990. The molecule has 0 aliphatic rings. The monoisotopic (exact) mass is 223 g/mol. The van der Waals surface area contributed by atoms with Crippen molar-refractivity contribution in [3.8, 4) is 0 Å². The van der Waals surface area contributed by atoms with Crippen LogP contribution in [0.1, 0.15) is 6.42 Å². The van der Waals surface area contributed by atoms with Gasteiger partial charge in [-0.3, -0.25) is 9.59 Å². The summed E-state index contributed by atoms with van der Waals surface area (Å²) >= 11 is 0. The molecule has 0 amide bonds. The topological polar surface area (TPSA) is 80.8 Å². The Morgan fingerprint density at radius 2 is 1.86 bits per heavy atom. The molecule has 0 bridgehead atoms. The minimum absolute atomic E-state index is 0.312. The summed E-state index contributed by atoms with van der Waals surface area (Å²) in [5.41, 5.74) is 0. The van der Waals surface area contributed by atoms with Crippen LogP contribution in [0.3, 0.4) is 0 Å². The van der Waals surface area contributed by atoms with Gasteiger partial charge >= 0.3 is 5.97 Å². The fourth-order valence-electron chi connectivity index (χ4n) is 0.655. The number of rotatable bonds is 5. The van der Waals surface area contributed by atoms with Crippen molar-refractivity contribution in [3.05, 3.63) is 0 Å². The van der Waals surface area contributed by atoms with Gasteiger partial charge in [-0.15, -0.1) is 0 Å². The molecule has 14 heavy (non-hydrogen) atoms. The minimum atomic E-state index is -3.38. The quantitative estimate of drug-likeness (QED) is 0.441. The number of methoxy groups -OCH3 is 1. The number of carbonyl (C=O) groups excluding carboxylic acids is 2. The van der Waals surface area contributed by atoms with E-state index in [4.69, 9.17) is 0 Å². The summed E-state index contributed by atoms with van der Waals surface area (Å²) in [7, 11) is -0.949. The van der Waals surface area contributed by atoms with Crippen molar-refractivity contribution in [2.45, 2.75) is 6.42 Å². The second-order valence-corrected chi connectivity index (χ2v) is 4.90. The van der Waals surface area contributed by atoms with Gasteiger partial charge < -0.3 is 4.74 Å². The molecular weight excluding hydrogens is 210 g/mol. The lowest BCUT2D eigenvalue weighted by atomic mass is 10.3. The van der Waals surface area contributed by atoms with E-state index in [9.17, 15) is 18.0 Å². The summed E-state index contributed by atoms with van der Waals surface area (Å²) in [4.78, 5) is 21.7. The van der Waals surface area contributed by atoms with Crippen LogP contribution in [0.4, 0.5) is 0 Å². The van der Waals surface area contributed by atoms with Crippen LogP contribution in [0.25, 0.3) is 0 Å². The first-order valence-electron chi connectivity index (χ1n) is 3.77. The van der Waals surface area contributed by atoms with E-state index in [1.54, 1.807) is 0 Å². The molecule has 7 heteroatoms. The van der Waals surface area contributed by atoms with Crippen molar-refractivity contribution in [2.24, 2.45) is 0 Å². The first-order valence-corrected chi connectivity index (χ1v) is 5.62. The van der Waals surface area contributed by atoms with Gasteiger partial charge in [-0.2, -0.15) is 4.31 Å². The first kappa shape index (κ1) is 13.1. The molecule has 0 rings (SSSR count). The van der Waals surface area contributed by atoms with Gasteiger partial charge in [0.25, 0.3) is 0 Å². The molecule has 0 spiro atoms. The van der Waals surface area contributed by atoms with Crippen LogP contribution in [0.15, 0.2) is 0 Å². The molecule has 0 heterocycles. The Bertz CT molecular complexity index is 321. The minimum Gasteiger partial charge on any atom is -0.469 e. The molecule has 0 aromatic heterocycles. The predicted molar refractivity (Wildman–Crippen MR) is 49.1 cm³/mol. The van der Waals surface area contributed by atoms with E-state index in [-0.39, 0.29) is 6.54 Å². The standard InChI is InChI=1S/C7H13NO5S/c1-8(14(3,11)12)5-6(9)4-7(10)13-2/h4-5H2,1-3H3. The first-order chi connectivity index (χ1) is 6.27. The Morgan fingerprint density at radius 3 is 2.21 bits per heavy atom. The number of ketones is 1. The highest BCUT2D eigenvalue weighted by Gasteiger charge is 2.17. The number of sulfonamides is 1. The van der Waals surface area contributed by atoms with Crippen LogP contribution in [-0.4, -0.2) is 51.4 Å². The van der Waals surface area contributed by atoms with Crippen LogP contribution in [-0.2, 0) is 24.3 Å². The molecule has 0 saturated heterocycles. The van der Waals surface area contributed by atoms with E-state index in [0.717, 1.165) is 17.7 Å². The summed E-state index contributed by atoms with van der Waals surface area (Å²) < 4.78 is 26.9. The third-order valence-electron chi connectivity index (χ3n) is 1.53. The Morgan fingerprint density at radius 1 is 1.36 bits per heavy atom. The molecule has 0 fully saturated rings. The van der Waals surface area contributed by atoms with Gasteiger partial charge in [-0.1, -0.05) is 0 Å². The van der Waals surface area contributed by atoms with Gasteiger partial charge in [0.2, 0.25) is 10.0 Å². The molecule has 82 valence electrons. The number of nitrogens with zero attached hydrogens (tertiary/aromatic N) is 1. The zero-order valence-electron chi connectivity index (χ0n) is 8.31. The van der Waals surface area contributed by atoms with E-state index < -0.39 is 28.2 Å². The highest BCUT2D eigenvalue weighted by Crippen LogP contribution is 1.95. The van der Waals surface area contributed by atoms with E-state index >= 15 is 0 Å². The van der Waals surface area contributed by atoms with Gasteiger partial charge in [0.1, 0.15) is 6.42 Å². The Kier molecular flexibility index (Phi) is 4.72. The number of hydrogen-bond donors (Lipinski definition) is 0. The van der Waals surface area contributed by atoms with Gasteiger partial charge in [-0.25, -0.2) is 8.42 Å². The number of ether oxygens (including phenoxy) is 1. The maximum atomic E-state index is 11.1. The molecule has 0 aliphatic heterocycles. The highest BCUT2D eigenvalue weighted by atomic mass is 32.2. The number of carbonyl (C=O) groups is 2. The highest BCUT2D eigenvalue weighted by molar-refractivity contribution is 7.88. The van der Waals surface area contributed by atoms with Crippen molar-refractivity contribution in [1.82, 2.24) is 4.31 Å². The number of hydrogen-bond acceptors (Lipinski definition) is 5. The molecule has 0 N–H and O–H groups in total. The molecule has 0 aliphatic carbocycles. The van der Waals surface area contributed by atoms with Gasteiger partial charge in [0, 0.05) is 7.05 Å². The Labute approximate surface area is 82.9 Å². The maximum Gasteiger partial charge on any atom is 0.313 e.